The molecule has 1 aliphatic carbocycles. The zero-order chi connectivity index (χ0) is 15.3. The third kappa shape index (κ3) is 3.56. The van der Waals surface area contributed by atoms with Crippen molar-refractivity contribution < 1.29 is 19.4 Å². The molecule has 5 nitrogen and oxygen atoms in total. The van der Waals surface area contributed by atoms with Crippen LogP contribution < -0.4 is 0 Å². The smallest absolute Gasteiger partial charge is 0.166 e. The van der Waals surface area contributed by atoms with Gasteiger partial charge in [0.05, 0.1) is 12.0 Å². The van der Waals surface area contributed by atoms with Gasteiger partial charge in [-0.3, -0.25) is 4.79 Å². The van der Waals surface area contributed by atoms with E-state index >= 15 is 0 Å². The second kappa shape index (κ2) is 7.38. The lowest BCUT2D eigenvalue weighted by atomic mass is 9.90. The van der Waals surface area contributed by atoms with Crippen molar-refractivity contribution in [1.29, 1.82) is 0 Å². The molecule has 1 N–H and O–H groups in total. The molecule has 0 heterocycles. The molecule has 0 aromatic rings. The number of nitrogens with zero attached hydrogens (tertiary/aromatic N) is 1. The van der Waals surface area contributed by atoms with Crippen LogP contribution in [0.1, 0.15) is 6.92 Å². The van der Waals surface area contributed by atoms with E-state index in [4.69, 9.17) is 9.47 Å². The predicted molar refractivity (Wildman–Crippen MR) is 77.0 cm³/mol. The van der Waals surface area contributed by atoms with Crippen molar-refractivity contribution in [1.82, 2.24) is 4.90 Å². The molecule has 5 heteroatoms. The second-order valence-corrected chi connectivity index (χ2v) is 4.97. The maximum atomic E-state index is 11.4. The standard InChI is InChI=1S/C15H23NO4/c1-10(18)14(15(19-4)20-5)12-7-6-11(8-16(2)3)13(12)9-17/h6-10,14-15,18H,1-5H3/b11-8+. The summed E-state index contributed by atoms with van der Waals surface area (Å²) in [6, 6.07) is 0. The van der Waals surface area contributed by atoms with E-state index in [1.807, 2.05) is 37.3 Å². The molecule has 0 amide bonds. The summed E-state index contributed by atoms with van der Waals surface area (Å²) in [7, 11) is 6.81. The Hall–Kier alpha value is -1.43. The van der Waals surface area contributed by atoms with Gasteiger partial charge in [-0.15, -0.1) is 0 Å². The fourth-order valence-electron chi connectivity index (χ4n) is 2.37. The van der Waals surface area contributed by atoms with E-state index in [9.17, 15) is 9.90 Å². The molecule has 0 aromatic carbocycles. The third-order valence-corrected chi connectivity index (χ3v) is 3.22. The van der Waals surface area contributed by atoms with Gasteiger partial charge in [0.15, 0.2) is 12.6 Å². The first-order chi connectivity index (χ1) is 9.46. The summed E-state index contributed by atoms with van der Waals surface area (Å²) >= 11 is 0. The molecule has 1 rings (SSSR count). The van der Waals surface area contributed by atoms with E-state index in [1.165, 1.54) is 14.2 Å². The first-order valence-corrected chi connectivity index (χ1v) is 6.46. The number of rotatable bonds is 7. The Labute approximate surface area is 120 Å². The topological polar surface area (TPSA) is 59.0 Å². The number of hydrogen-bond donors (Lipinski definition) is 1. The highest BCUT2D eigenvalue weighted by Gasteiger charge is 2.32. The van der Waals surface area contributed by atoms with E-state index in [-0.39, 0.29) is 0 Å². The Morgan fingerprint density at radius 3 is 2.25 bits per heavy atom. The number of carbonyl (C=O) groups excluding carboxylic acids is 1. The number of aliphatic hydroxyl groups excluding tert-OH is 1. The minimum Gasteiger partial charge on any atom is -0.393 e. The van der Waals surface area contributed by atoms with Crippen molar-refractivity contribution in [2.45, 2.75) is 19.3 Å². The molecule has 0 aliphatic heterocycles. The van der Waals surface area contributed by atoms with Crippen LogP contribution in [0.2, 0.25) is 0 Å². The van der Waals surface area contributed by atoms with Crippen LogP contribution in [0.4, 0.5) is 0 Å². The van der Waals surface area contributed by atoms with Crippen LogP contribution in [0, 0.1) is 5.92 Å². The van der Waals surface area contributed by atoms with Gasteiger partial charge >= 0.3 is 0 Å². The van der Waals surface area contributed by atoms with Crippen LogP contribution in [0.15, 0.2) is 35.1 Å². The highest BCUT2D eigenvalue weighted by molar-refractivity contribution is 5.86. The number of ether oxygens (including phenoxy) is 2. The monoisotopic (exact) mass is 281 g/mol. The van der Waals surface area contributed by atoms with E-state index in [0.717, 1.165) is 17.4 Å². The molecule has 0 fully saturated rings. The number of hydrogen-bond acceptors (Lipinski definition) is 5. The minimum absolute atomic E-state index is 0.422. The zero-order valence-electron chi connectivity index (χ0n) is 12.7. The molecule has 2 atom stereocenters. The highest BCUT2D eigenvalue weighted by Crippen LogP contribution is 2.33. The molecular weight excluding hydrogens is 258 g/mol. The summed E-state index contributed by atoms with van der Waals surface area (Å²) in [6.07, 6.45) is 5.05. The van der Waals surface area contributed by atoms with E-state index in [2.05, 4.69) is 0 Å². The summed E-state index contributed by atoms with van der Waals surface area (Å²) in [5.41, 5.74) is 2.11. The van der Waals surface area contributed by atoms with Gasteiger partial charge in [0, 0.05) is 45.7 Å². The first-order valence-electron chi connectivity index (χ1n) is 6.46. The molecular formula is C15H23NO4. The lowest BCUT2D eigenvalue weighted by molar-refractivity contribution is -0.147. The van der Waals surface area contributed by atoms with Gasteiger partial charge < -0.3 is 19.5 Å². The van der Waals surface area contributed by atoms with Gasteiger partial charge in [0.1, 0.15) is 0 Å². The molecule has 1 aliphatic rings. The fraction of sp³-hybridized carbons (Fsp3) is 0.533. The number of aldehydes is 1. The molecule has 0 aromatic heterocycles. The van der Waals surface area contributed by atoms with Crippen molar-refractivity contribution in [3.8, 4) is 0 Å². The Kier molecular flexibility index (Phi) is 6.13. The van der Waals surface area contributed by atoms with E-state index in [1.54, 1.807) is 6.92 Å². The maximum absolute atomic E-state index is 11.4. The van der Waals surface area contributed by atoms with Crippen molar-refractivity contribution in [3.05, 3.63) is 35.1 Å². The zero-order valence-corrected chi connectivity index (χ0v) is 12.7. The fourth-order valence-corrected chi connectivity index (χ4v) is 2.37. The van der Waals surface area contributed by atoms with Gasteiger partial charge in [-0.25, -0.2) is 0 Å². The SMILES string of the molecule is COC(OC)C(C1=C(C=O)/C(=C/N(C)C)C=C1)C(C)O. The average Bonchev–Trinajstić information content (AvgIpc) is 2.76. The molecule has 2 unspecified atom stereocenters. The van der Waals surface area contributed by atoms with Crippen molar-refractivity contribution in [2.24, 2.45) is 5.92 Å². The molecule has 0 saturated carbocycles. The Morgan fingerprint density at radius 2 is 1.85 bits per heavy atom. The quantitative estimate of drug-likeness (QED) is 0.559. The van der Waals surface area contributed by atoms with Crippen LogP contribution in [-0.4, -0.2) is 57.0 Å². The molecule has 0 spiro atoms. The van der Waals surface area contributed by atoms with Crippen LogP contribution in [0.5, 0.6) is 0 Å². The molecule has 0 saturated heterocycles. The van der Waals surface area contributed by atoms with Crippen LogP contribution in [-0.2, 0) is 14.3 Å². The summed E-state index contributed by atoms with van der Waals surface area (Å²) in [5.74, 6) is -0.422. The van der Waals surface area contributed by atoms with Crippen LogP contribution in [0.25, 0.3) is 0 Å². The summed E-state index contributed by atoms with van der Waals surface area (Å²) in [5, 5.41) is 10.0. The van der Waals surface area contributed by atoms with Gasteiger partial charge in [0.2, 0.25) is 0 Å². The average molecular weight is 281 g/mol. The van der Waals surface area contributed by atoms with E-state index < -0.39 is 18.3 Å². The highest BCUT2D eigenvalue weighted by atomic mass is 16.7. The lowest BCUT2D eigenvalue weighted by Gasteiger charge is -2.28. The van der Waals surface area contributed by atoms with Gasteiger partial charge in [0.25, 0.3) is 0 Å². The minimum atomic E-state index is -0.701. The second-order valence-electron chi connectivity index (χ2n) is 4.97. The summed E-state index contributed by atoms with van der Waals surface area (Å²) < 4.78 is 10.5. The van der Waals surface area contributed by atoms with Crippen molar-refractivity contribution in [2.75, 3.05) is 28.3 Å². The normalized spacial score (nSPS) is 19.9. The molecule has 112 valence electrons. The summed E-state index contributed by atoms with van der Waals surface area (Å²) in [6.45, 7) is 1.66. The van der Waals surface area contributed by atoms with Crippen LogP contribution in [0.3, 0.4) is 0 Å². The largest absolute Gasteiger partial charge is 0.393 e. The van der Waals surface area contributed by atoms with Gasteiger partial charge in [-0.1, -0.05) is 12.2 Å². The van der Waals surface area contributed by atoms with Gasteiger partial charge in [-0.2, -0.15) is 0 Å². The number of methoxy groups -OCH3 is 2. The van der Waals surface area contributed by atoms with Gasteiger partial charge in [-0.05, 0) is 12.5 Å². The first kappa shape index (κ1) is 16.6. The molecule has 20 heavy (non-hydrogen) atoms. The number of allylic oxidation sites excluding steroid dienone is 4. The van der Waals surface area contributed by atoms with Crippen molar-refractivity contribution in [3.63, 3.8) is 0 Å². The molecule has 0 radical (unpaired) electrons. The Bertz CT molecular complexity index is 431. The van der Waals surface area contributed by atoms with Crippen molar-refractivity contribution >= 4 is 6.29 Å². The Balaban J connectivity index is 3.25. The number of carbonyl (C=O) groups is 1. The number of aliphatic hydroxyl groups is 1. The molecule has 0 bridgehead atoms. The van der Waals surface area contributed by atoms with E-state index in [0.29, 0.717) is 5.57 Å². The lowest BCUT2D eigenvalue weighted by Crippen LogP contribution is -2.34. The third-order valence-electron chi connectivity index (χ3n) is 3.22. The Morgan fingerprint density at radius 1 is 1.25 bits per heavy atom. The maximum Gasteiger partial charge on any atom is 0.166 e. The summed E-state index contributed by atoms with van der Waals surface area (Å²) in [4.78, 5) is 13.3. The van der Waals surface area contributed by atoms with Crippen LogP contribution >= 0.6 is 0 Å². The predicted octanol–water partition coefficient (Wildman–Crippen LogP) is 1.11.